The van der Waals surface area contributed by atoms with Crippen LogP contribution >= 0.6 is 0 Å². The van der Waals surface area contributed by atoms with Crippen LogP contribution in [0.4, 0.5) is 0 Å². The number of morpholine rings is 1. The molecule has 1 N–H and O–H groups in total. The lowest BCUT2D eigenvalue weighted by Gasteiger charge is -2.32. The second-order valence-corrected chi connectivity index (χ2v) is 7.35. The van der Waals surface area contributed by atoms with Gasteiger partial charge in [-0.15, -0.1) is 0 Å². The second-order valence-electron chi connectivity index (χ2n) is 7.35. The number of aryl methyl sites for hydroxylation is 1. The fourth-order valence-corrected chi connectivity index (χ4v) is 4.12. The molecular weight excluding hydrogens is 340 g/mol. The average molecular weight is 370 g/mol. The molecule has 0 aliphatic carbocycles. The van der Waals surface area contributed by atoms with Gasteiger partial charge in [0.25, 0.3) is 0 Å². The van der Waals surface area contributed by atoms with Crippen LogP contribution in [-0.2, 0) is 11.3 Å². The van der Waals surface area contributed by atoms with Gasteiger partial charge in [-0.1, -0.05) is 18.2 Å². The number of benzene rings is 1. The summed E-state index contributed by atoms with van der Waals surface area (Å²) in [7, 11) is 0. The van der Waals surface area contributed by atoms with Crippen molar-refractivity contribution in [2.24, 2.45) is 4.99 Å². The number of furan rings is 1. The molecule has 1 unspecified atom stereocenters. The van der Waals surface area contributed by atoms with Crippen LogP contribution in [0.1, 0.15) is 24.7 Å². The van der Waals surface area contributed by atoms with Gasteiger partial charge < -0.3 is 19.4 Å². The van der Waals surface area contributed by atoms with E-state index in [-0.39, 0.29) is 0 Å². The maximum atomic E-state index is 6.03. The summed E-state index contributed by atoms with van der Waals surface area (Å²) in [5.41, 5.74) is 2.14. The minimum atomic E-state index is 0.571. The molecule has 6 nitrogen and oxygen atoms in total. The molecule has 2 aliphatic heterocycles. The first-order valence-electron chi connectivity index (χ1n) is 10.1. The summed E-state index contributed by atoms with van der Waals surface area (Å²) in [5, 5.41) is 4.64. The molecule has 0 radical (unpaired) electrons. The third-order valence-corrected chi connectivity index (χ3v) is 5.67. The SMILES string of the molecule is CCNC(=NCc1oc2ccccc2c1C)N1CCC(N2CCOCC2)C1. The van der Waals surface area contributed by atoms with Crippen molar-refractivity contribution in [3.8, 4) is 0 Å². The molecule has 0 bridgehead atoms. The summed E-state index contributed by atoms with van der Waals surface area (Å²) < 4.78 is 11.5. The highest BCUT2D eigenvalue weighted by atomic mass is 16.5. The van der Waals surface area contributed by atoms with E-state index in [1.807, 2.05) is 12.1 Å². The first-order chi connectivity index (χ1) is 13.3. The highest BCUT2D eigenvalue weighted by Gasteiger charge is 2.30. The van der Waals surface area contributed by atoms with Crippen molar-refractivity contribution < 1.29 is 9.15 Å². The second kappa shape index (κ2) is 8.31. The van der Waals surface area contributed by atoms with Crippen molar-refractivity contribution in [3.63, 3.8) is 0 Å². The molecule has 2 aliphatic rings. The van der Waals surface area contributed by atoms with Crippen LogP contribution in [-0.4, -0.2) is 67.7 Å². The predicted molar refractivity (Wildman–Crippen MR) is 108 cm³/mol. The van der Waals surface area contributed by atoms with Gasteiger partial charge in [0.1, 0.15) is 17.9 Å². The summed E-state index contributed by atoms with van der Waals surface area (Å²) in [5.74, 6) is 1.95. The van der Waals surface area contributed by atoms with Crippen molar-refractivity contribution in [2.75, 3.05) is 45.9 Å². The highest BCUT2D eigenvalue weighted by molar-refractivity contribution is 5.82. The molecule has 146 valence electrons. The van der Waals surface area contributed by atoms with Gasteiger partial charge >= 0.3 is 0 Å². The Morgan fingerprint density at radius 3 is 2.81 bits per heavy atom. The van der Waals surface area contributed by atoms with E-state index in [1.165, 1.54) is 17.4 Å². The molecule has 2 saturated heterocycles. The molecule has 4 rings (SSSR count). The maximum absolute atomic E-state index is 6.03. The monoisotopic (exact) mass is 370 g/mol. The fourth-order valence-electron chi connectivity index (χ4n) is 4.12. The van der Waals surface area contributed by atoms with Crippen LogP contribution in [0.25, 0.3) is 11.0 Å². The van der Waals surface area contributed by atoms with E-state index >= 15 is 0 Å². The lowest BCUT2D eigenvalue weighted by molar-refractivity contribution is 0.0195. The first kappa shape index (κ1) is 18.3. The molecule has 6 heteroatoms. The number of hydrogen-bond donors (Lipinski definition) is 1. The minimum absolute atomic E-state index is 0.571. The Balaban J connectivity index is 1.46. The number of para-hydroxylation sites is 1. The van der Waals surface area contributed by atoms with Gasteiger partial charge in [0.15, 0.2) is 5.96 Å². The van der Waals surface area contributed by atoms with Crippen LogP contribution < -0.4 is 5.32 Å². The summed E-state index contributed by atoms with van der Waals surface area (Å²) in [6, 6.07) is 8.80. The number of nitrogens with zero attached hydrogens (tertiary/aromatic N) is 3. The van der Waals surface area contributed by atoms with Gasteiger partial charge in [0.2, 0.25) is 0 Å². The molecule has 0 spiro atoms. The summed E-state index contributed by atoms with van der Waals surface area (Å²) >= 11 is 0. The van der Waals surface area contributed by atoms with Crippen molar-refractivity contribution in [3.05, 3.63) is 35.6 Å². The Bertz CT molecular complexity index is 795. The molecule has 0 saturated carbocycles. The van der Waals surface area contributed by atoms with E-state index in [4.69, 9.17) is 14.1 Å². The van der Waals surface area contributed by atoms with Crippen LogP contribution in [0.2, 0.25) is 0 Å². The minimum Gasteiger partial charge on any atom is -0.459 e. The van der Waals surface area contributed by atoms with E-state index in [0.717, 1.165) is 63.2 Å². The van der Waals surface area contributed by atoms with E-state index in [2.05, 4.69) is 41.1 Å². The molecule has 2 fully saturated rings. The predicted octanol–water partition coefficient (Wildman–Crippen LogP) is 2.61. The van der Waals surface area contributed by atoms with Crippen LogP contribution in [0.5, 0.6) is 0 Å². The molecular formula is C21H30N4O2. The van der Waals surface area contributed by atoms with Gasteiger partial charge in [-0.3, -0.25) is 4.90 Å². The van der Waals surface area contributed by atoms with E-state index in [1.54, 1.807) is 0 Å². The van der Waals surface area contributed by atoms with Crippen LogP contribution in [0.15, 0.2) is 33.7 Å². The Morgan fingerprint density at radius 1 is 1.22 bits per heavy atom. The Labute approximate surface area is 161 Å². The lowest BCUT2D eigenvalue weighted by atomic mass is 10.1. The molecule has 1 aromatic carbocycles. The van der Waals surface area contributed by atoms with Gasteiger partial charge in [-0.25, -0.2) is 4.99 Å². The van der Waals surface area contributed by atoms with Crippen molar-refractivity contribution in [1.29, 1.82) is 0 Å². The number of aliphatic imine (C=N–C) groups is 1. The highest BCUT2D eigenvalue weighted by Crippen LogP contribution is 2.25. The normalized spacial score (nSPS) is 21.9. The average Bonchev–Trinajstić information content (AvgIpc) is 3.32. The molecule has 27 heavy (non-hydrogen) atoms. The number of hydrogen-bond acceptors (Lipinski definition) is 4. The maximum Gasteiger partial charge on any atom is 0.194 e. The molecule has 0 amide bonds. The van der Waals surface area contributed by atoms with Crippen molar-refractivity contribution in [1.82, 2.24) is 15.1 Å². The van der Waals surface area contributed by atoms with Crippen LogP contribution in [0, 0.1) is 6.92 Å². The number of ether oxygens (including phenoxy) is 1. The third-order valence-electron chi connectivity index (χ3n) is 5.67. The van der Waals surface area contributed by atoms with Gasteiger partial charge in [-0.2, -0.15) is 0 Å². The topological polar surface area (TPSA) is 53.2 Å². The number of guanidine groups is 1. The first-order valence-corrected chi connectivity index (χ1v) is 10.1. The number of likely N-dealkylation sites (tertiary alicyclic amines) is 1. The Morgan fingerprint density at radius 2 is 2.04 bits per heavy atom. The zero-order valence-corrected chi connectivity index (χ0v) is 16.4. The van der Waals surface area contributed by atoms with Crippen molar-refractivity contribution >= 4 is 16.9 Å². The number of fused-ring (bicyclic) bond motifs is 1. The Hall–Kier alpha value is -2.05. The molecule has 2 aromatic rings. The summed E-state index contributed by atoms with van der Waals surface area (Å²) in [6.07, 6.45) is 1.19. The molecule has 3 heterocycles. The quantitative estimate of drug-likeness (QED) is 0.662. The zero-order chi connectivity index (χ0) is 18.6. The van der Waals surface area contributed by atoms with Crippen LogP contribution in [0.3, 0.4) is 0 Å². The fraction of sp³-hybridized carbons (Fsp3) is 0.571. The smallest absolute Gasteiger partial charge is 0.194 e. The lowest BCUT2D eigenvalue weighted by Crippen LogP contribution is -2.46. The largest absolute Gasteiger partial charge is 0.459 e. The van der Waals surface area contributed by atoms with Gasteiger partial charge in [0, 0.05) is 49.7 Å². The molecule has 1 aromatic heterocycles. The van der Waals surface area contributed by atoms with Gasteiger partial charge in [-0.05, 0) is 26.3 Å². The standard InChI is InChI=1S/C21H30N4O2/c1-3-22-21(25-9-8-17(15-25)24-10-12-26-13-11-24)23-14-20-16(2)18-6-4-5-7-19(18)27-20/h4-7,17H,3,8-15H2,1-2H3,(H,22,23). The summed E-state index contributed by atoms with van der Waals surface area (Å²) in [6.45, 7) is 11.6. The van der Waals surface area contributed by atoms with E-state index < -0.39 is 0 Å². The van der Waals surface area contributed by atoms with Crippen molar-refractivity contribution in [2.45, 2.75) is 32.9 Å². The van der Waals surface area contributed by atoms with E-state index in [9.17, 15) is 0 Å². The summed E-state index contributed by atoms with van der Waals surface area (Å²) in [4.78, 5) is 9.85. The van der Waals surface area contributed by atoms with Gasteiger partial charge in [0.05, 0.1) is 13.2 Å². The Kier molecular flexibility index (Phi) is 5.64. The number of rotatable bonds is 4. The molecule has 1 atom stereocenters. The zero-order valence-electron chi connectivity index (χ0n) is 16.4. The van der Waals surface area contributed by atoms with E-state index in [0.29, 0.717) is 12.6 Å². The third kappa shape index (κ3) is 3.96. The number of nitrogens with one attached hydrogen (secondary N) is 1.